The summed E-state index contributed by atoms with van der Waals surface area (Å²) in [6.07, 6.45) is 1.52. The lowest BCUT2D eigenvalue weighted by molar-refractivity contribution is 0.164. The molecule has 1 aromatic rings. The van der Waals surface area contributed by atoms with Crippen LogP contribution in [0.1, 0.15) is 13.8 Å². The minimum absolute atomic E-state index is 0.400. The standard InChI is InChI=1S/C12H22N4O2/c1-5-13-11-10(18-4)12(16-8-15-11)14-6-9(2)7-17-3/h8-9H,5-7H2,1-4H3,(H2,13,14,15,16). The number of methoxy groups -OCH3 is 2. The zero-order chi connectivity index (χ0) is 13.4. The SMILES string of the molecule is CCNc1ncnc(NCC(C)COC)c1OC. The lowest BCUT2D eigenvalue weighted by atomic mass is 10.2. The van der Waals surface area contributed by atoms with E-state index in [0.29, 0.717) is 29.9 Å². The van der Waals surface area contributed by atoms with Crippen molar-refractivity contribution in [2.45, 2.75) is 13.8 Å². The van der Waals surface area contributed by atoms with Crippen molar-refractivity contribution in [3.8, 4) is 5.75 Å². The number of anilines is 2. The minimum atomic E-state index is 0.400. The molecule has 0 aromatic carbocycles. The average molecular weight is 254 g/mol. The van der Waals surface area contributed by atoms with E-state index in [1.54, 1.807) is 14.2 Å². The second-order valence-corrected chi connectivity index (χ2v) is 4.08. The fraction of sp³-hybridized carbons (Fsp3) is 0.667. The Bertz CT molecular complexity index is 360. The van der Waals surface area contributed by atoms with E-state index in [-0.39, 0.29) is 0 Å². The summed E-state index contributed by atoms with van der Waals surface area (Å²) < 4.78 is 10.4. The van der Waals surface area contributed by atoms with Gasteiger partial charge in [-0.1, -0.05) is 6.92 Å². The molecule has 1 heterocycles. The van der Waals surface area contributed by atoms with Crippen LogP contribution in [0, 0.1) is 5.92 Å². The average Bonchev–Trinajstić information content (AvgIpc) is 2.37. The van der Waals surface area contributed by atoms with Crippen molar-refractivity contribution in [3.05, 3.63) is 6.33 Å². The van der Waals surface area contributed by atoms with Gasteiger partial charge < -0.3 is 20.1 Å². The fourth-order valence-corrected chi connectivity index (χ4v) is 1.60. The molecule has 1 atom stereocenters. The Morgan fingerprint density at radius 1 is 1.22 bits per heavy atom. The van der Waals surface area contributed by atoms with Crippen molar-refractivity contribution in [1.82, 2.24) is 9.97 Å². The molecule has 6 heteroatoms. The Labute approximate surface area is 108 Å². The second-order valence-electron chi connectivity index (χ2n) is 4.08. The Morgan fingerprint density at radius 3 is 2.44 bits per heavy atom. The van der Waals surface area contributed by atoms with Gasteiger partial charge in [-0.25, -0.2) is 9.97 Å². The zero-order valence-electron chi connectivity index (χ0n) is 11.5. The van der Waals surface area contributed by atoms with E-state index in [9.17, 15) is 0 Å². The molecule has 0 saturated heterocycles. The Hall–Kier alpha value is -1.56. The fourth-order valence-electron chi connectivity index (χ4n) is 1.60. The molecule has 1 rings (SSSR count). The Morgan fingerprint density at radius 2 is 1.89 bits per heavy atom. The van der Waals surface area contributed by atoms with E-state index < -0.39 is 0 Å². The van der Waals surface area contributed by atoms with Gasteiger partial charge in [0.2, 0.25) is 5.75 Å². The van der Waals surface area contributed by atoms with E-state index in [1.807, 2.05) is 6.92 Å². The Balaban J connectivity index is 2.72. The van der Waals surface area contributed by atoms with Crippen LogP contribution in [0.25, 0.3) is 0 Å². The molecule has 0 radical (unpaired) electrons. The largest absolute Gasteiger partial charge is 0.490 e. The van der Waals surface area contributed by atoms with E-state index in [4.69, 9.17) is 9.47 Å². The highest BCUT2D eigenvalue weighted by molar-refractivity contribution is 5.63. The number of aromatic nitrogens is 2. The van der Waals surface area contributed by atoms with Gasteiger partial charge in [0, 0.05) is 20.2 Å². The van der Waals surface area contributed by atoms with Gasteiger partial charge in [0.15, 0.2) is 11.6 Å². The van der Waals surface area contributed by atoms with Crippen LogP contribution in [0.2, 0.25) is 0 Å². The molecular weight excluding hydrogens is 232 g/mol. The molecule has 0 fully saturated rings. The van der Waals surface area contributed by atoms with Gasteiger partial charge in [-0.05, 0) is 12.8 Å². The molecule has 0 amide bonds. The monoisotopic (exact) mass is 254 g/mol. The number of hydrogen-bond donors (Lipinski definition) is 2. The summed E-state index contributed by atoms with van der Waals surface area (Å²) >= 11 is 0. The maximum atomic E-state index is 5.34. The van der Waals surface area contributed by atoms with E-state index in [2.05, 4.69) is 27.5 Å². The third kappa shape index (κ3) is 4.03. The third-order valence-corrected chi connectivity index (χ3v) is 2.42. The van der Waals surface area contributed by atoms with Gasteiger partial charge in [0.1, 0.15) is 6.33 Å². The second kappa shape index (κ2) is 7.71. The maximum absolute atomic E-state index is 5.34. The van der Waals surface area contributed by atoms with Crippen LogP contribution in [0.4, 0.5) is 11.6 Å². The highest BCUT2D eigenvalue weighted by Crippen LogP contribution is 2.28. The number of nitrogens with one attached hydrogen (secondary N) is 2. The highest BCUT2D eigenvalue weighted by atomic mass is 16.5. The van der Waals surface area contributed by atoms with Gasteiger partial charge >= 0.3 is 0 Å². The first-order valence-corrected chi connectivity index (χ1v) is 6.08. The van der Waals surface area contributed by atoms with E-state index >= 15 is 0 Å². The van der Waals surface area contributed by atoms with Crippen molar-refractivity contribution >= 4 is 11.6 Å². The minimum Gasteiger partial charge on any atom is -0.490 e. The number of nitrogens with zero attached hydrogens (tertiary/aromatic N) is 2. The van der Waals surface area contributed by atoms with Gasteiger partial charge in [-0.3, -0.25) is 0 Å². The lowest BCUT2D eigenvalue weighted by Gasteiger charge is -2.15. The number of hydrogen-bond acceptors (Lipinski definition) is 6. The van der Waals surface area contributed by atoms with Gasteiger partial charge in [0.05, 0.1) is 13.7 Å². The number of ether oxygens (including phenoxy) is 2. The first kappa shape index (κ1) is 14.5. The molecule has 0 aliphatic heterocycles. The maximum Gasteiger partial charge on any atom is 0.204 e. The summed E-state index contributed by atoms with van der Waals surface area (Å²) in [5.41, 5.74) is 0. The van der Waals surface area contributed by atoms with Crippen molar-refractivity contribution in [3.63, 3.8) is 0 Å². The molecule has 0 spiro atoms. The quantitative estimate of drug-likeness (QED) is 0.734. The van der Waals surface area contributed by atoms with E-state index in [0.717, 1.165) is 13.1 Å². The summed E-state index contributed by atoms with van der Waals surface area (Å²) in [6.45, 7) is 6.38. The van der Waals surface area contributed by atoms with Crippen molar-refractivity contribution in [2.24, 2.45) is 5.92 Å². The molecule has 0 aliphatic carbocycles. The van der Waals surface area contributed by atoms with Crippen LogP contribution in [0.5, 0.6) is 5.75 Å². The van der Waals surface area contributed by atoms with Crippen molar-refractivity contribution < 1.29 is 9.47 Å². The summed E-state index contributed by atoms with van der Waals surface area (Å²) in [5, 5.41) is 6.39. The molecule has 1 unspecified atom stereocenters. The van der Waals surface area contributed by atoms with Crippen LogP contribution in [-0.4, -0.2) is 43.9 Å². The molecule has 1 aromatic heterocycles. The summed E-state index contributed by atoms with van der Waals surface area (Å²) in [6, 6.07) is 0. The smallest absolute Gasteiger partial charge is 0.204 e. The van der Waals surface area contributed by atoms with Crippen LogP contribution in [0.3, 0.4) is 0 Å². The topological polar surface area (TPSA) is 68.3 Å². The van der Waals surface area contributed by atoms with Gasteiger partial charge in [0.25, 0.3) is 0 Å². The molecule has 0 aliphatic rings. The first-order chi connectivity index (χ1) is 8.72. The molecule has 0 bridgehead atoms. The Kier molecular flexibility index (Phi) is 6.21. The number of rotatable bonds is 8. The van der Waals surface area contributed by atoms with Crippen LogP contribution >= 0.6 is 0 Å². The molecule has 2 N–H and O–H groups in total. The molecular formula is C12H22N4O2. The summed E-state index contributed by atoms with van der Waals surface area (Å²) in [5.74, 6) is 2.45. The van der Waals surface area contributed by atoms with Crippen LogP contribution in [-0.2, 0) is 4.74 Å². The highest BCUT2D eigenvalue weighted by Gasteiger charge is 2.12. The third-order valence-electron chi connectivity index (χ3n) is 2.42. The van der Waals surface area contributed by atoms with Gasteiger partial charge in [-0.15, -0.1) is 0 Å². The van der Waals surface area contributed by atoms with E-state index in [1.165, 1.54) is 6.33 Å². The van der Waals surface area contributed by atoms with Crippen LogP contribution < -0.4 is 15.4 Å². The molecule has 18 heavy (non-hydrogen) atoms. The van der Waals surface area contributed by atoms with Gasteiger partial charge in [-0.2, -0.15) is 0 Å². The lowest BCUT2D eigenvalue weighted by Crippen LogP contribution is -2.17. The predicted octanol–water partition coefficient (Wildman–Crippen LogP) is 1.61. The molecule has 0 saturated carbocycles. The van der Waals surface area contributed by atoms with Crippen molar-refractivity contribution in [1.29, 1.82) is 0 Å². The molecule has 6 nitrogen and oxygen atoms in total. The summed E-state index contributed by atoms with van der Waals surface area (Å²) in [4.78, 5) is 8.35. The summed E-state index contributed by atoms with van der Waals surface area (Å²) in [7, 11) is 3.31. The predicted molar refractivity (Wildman–Crippen MR) is 72.3 cm³/mol. The van der Waals surface area contributed by atoms with Crippen LogP contribution in [0.15, 0.2) is 6.33 Å². The normalized spacial score (nSPS) is 12.0. The zero-order valence-corrected chi connectivity index (χ0v) is 11.5. The first-order valence-electron chi connectivity index (χ1n) is 6.08. The molecule has 102 valence electrons. The van der Waals surface area contributed by atoms with Crippen molar-refractivity contribution in [2.75, 3.05) is 44.5 Å².